The van der Waals surface area contributed by atoms with E-state index in [4.69, 9.17) is 4.74 Å². The molecule has 4 nitrogen and oxygen atoms in total. The number of nitrogens with one attached hydrogen (secondary N) is 1. The Hall–Kier alpha value is -1.55. The summed E-state index contributed by atoms with van der Waals surface area (Å²) in [5.74, 6) is 0.773. The Morgan fingerprint density at radius 3 is 2.74 bits per heavy atom. The van der Waals surface area contributed by atoms with E-state index in [-0.39, 0.29) is 5.97 Å². The molecular weight excluding hydrogens is 242 g/mol. The fourth-order valence-corrected chi connectivity index (χ4v) is 1.83. The van der Waals surface area contributed by atoms with Crippen molar-refractivity contribution in [1.82, 2.24) is 5.32 Å². The molecule has 4 heteroatoms. The average Bonchev–Trinajstić information content (AvgIpc) is 2.41. The second-order valence-electron chi connectivity index (χ2n) is 4.36. The largest absolute Gasteiger partial charge is 0.494 e. The maximum atomic E-state index is 10.9. The Kier molecular flexibility index (Phi) is 6.97. The predicted octanol–water partition coefficient (Wildman–Crippen LogP) is 2.09. The highest BCUT2D eigenvalue weighted by molar-refractivity contribution is 5.69. The first kappa shape index (κ1) is 15.5. The lowest BCUT2D eigenvalue weighted by Crippen LogP contribution is -2.21. The molecule has 0 aliphatic rings. The summed E-state index contributed by atoms with van der Waals surface area (Å²) in [5, 5.41) is 3.23. The maximum absolute atomic E-state index is 10.9. The minimum absolute atomic E-state index is 0.176. The first-order chi connectivity index (χ1) is 9.17. The van der Waals surface area contributed by atoms with Crippen molar-refractivity contribution in [2.45, 2.75) is 26.7 Å². The molecule has 1 N–H and O–H groups in total. The van der Waals surface area contributed by atoms with Crippen LogP contribution in [-0.2, 0) is 16.0 Å². The zero-order chi connectivity index (χ0) is 14.1. The van der Waals surface area contributed by atoms with E-state index in [1.165, 1.54) is 12.7 Å². The molecule has 0 saturated heterocycles. The van der Waals surface area contributed by atoms with Crippen LogP contribution in [0, 0.1) is 6.92 Å². The number of ether oxygens (including phenoxy) is 2. The monoisotopic (exact) mass is 265 g/mol. The molecule has 0 atom stereocenters. The third-order valence-electron chi connectivity index (χ3n) is 2.86. The average molecular weight is 265 g/mol. The molecule has 0 aromatic heterocycles. The Bertz CT molecular complexity index is 404. The molecule has 19 heavy (non-hydrogen) atoms. The first-order valence-electron chi connectivity index (χ1n) is 6.67. The smallest absolute Gasteiger partial charge is 0.306 e. The molecule has 1 aromatic carbocycles. The minimum Gasteiger partial charge on any atom is -0.494 e. The van der Waals surface area contributed by atoms with E-state index >= 15 is 0 Å². The van der Waals surface area contributed by atoms with E-state index in [0.717, 1.165) is 24.3 Å². The number of rotatable bonds is 8. The molecule has 0 bridgehead atoms. The zero-order valence-electron chi connectivity index (χ0n) is 12.0. The summed E-state index contributed by atoms with van der Waals surface area (Å²) in [6.45, 7) is 6.24. The minimum atomic E-state index is -0.176. The Morgan fingerprint density at radius 1 is 1.32 bits per heavy atom. The third-order valence-corrected chi connectivity index (χ3v) is 2.86. The van der Waals surface area contributed by atoms with Gasteiger partial charge in [0.15, 0.2) is 0 Å². The van der Waals surface area contributed by atoms with Crippen molar-refractivity contribution in [3.05, 3.63) is 29.3 Å². The fraction of sp³-hybridized carbons (Fsp3) is 0.533. The quantitative estimate of drug-likeness (QED) is 0.577. The summed E-state index contributed by atoms with van der Waals surface area (Å²) in [4.78, 5) is 10.9. The second kappa shape index (κ2) is 8.53. The van der Waals surface area contributed by atoms with Gasteiger partial charge in [-0.05, 0) is 44.0 Å². The van der Waals surface area contributed by atoms with Gasteiger partial charge in [-0.25, -0.2) is 0 Å². The van der Waals surface area contributed by atoms with Crippen LogP contribution in [0.25, 0.3) is 0 Å². The van der Waals surface area contributed by atoms with Gasteiger partial charge in [-0.2, -0.15) is 0 Å². The van der Waals surface area contributed by atoms with Crippen LogP contribution < -0.4 is 10.1 Å². The van der Waals surface area contributed by atoms with Gasteiger partial charge in [0.2, 0.25) is 0 Å². The molecule has 0 saturated carbocycles. The second-order valence-corrected chi connectivity index (χ2v) is 4.36. The van der Waals surface area contributed by atoms with Crippen LogP contribution in [0.2, 0.25) is 0 Å². The molecule has 0 aliphatic heterocycles. The van der Waals surface area contributed by atoms with Gasteiger partial charge in [-0.1, -0.05) is 12.1 Å². The number of esters is 1. The highest BCUT2D eigenvalue weighted by Gasteiger charge is 2.01. The van der Waals surface area contributed by atoms with Gasteiger partial charge in [0.25, 0.3) is 0 Å². The van der Waals surface area contributed by atoms with Gasteiger partial charge < -0.3 is 14.8 Å². The van der Waals surface area contributed by atoms with Crippen molar-refractivity contribution in [1.29, 1.82) is 0 Å². The van der Waals surface area contributed by atoms with E-state index in [0.29, 0.717) is 19.6 Å². The zero-order valence-corrected chi connectivity index (χ0v) is 12.0. The number of carbonyl (C=O) groups is 1. The highest BCUT2D eigenvalue weighted by Crippen LogP contribution is 2.19. The molecular formula is C15H23NO3. The van der Waals surface area contributed by atoms with Crippen molar-refractivity contribution in [2.24, 2.45) is 0 Å². The molecule has 0 fully saturated rings. The van der Waals surface area contributed by atoms with Crippen LogP contribution in [0.1, 0.15) is 24.5 Å². The number of hydrogen-bond acceptors (Lipinski definition) is 4. The molecule has 1 aromatic rings. The van der Waals surface area contributed by atoms with Crippen molar-refractivity contribution >= 4 is 5.97 Å². The predicted molar refractivity (Wildman–Crippen MR) is 75.6 cm³/mol. The number of aryl methyl sites for hydroxylation is 1. The lowest BCUT2D eigenvalue weighted by atomic mass is 10.1. The van der Waals surface area contributed by atoms with Gasteiger partial charge in [0, 0.05) is 6.54 Å². The van der Waals surface area contributed by atoms with E-state index in [1.807, 2.05) is 13.0 Å². The summed E-state index contributed by atoms with van der Waals surface area (Å²) in [5.41, 5.74) is 2.43. The number of hydrogen-bond donors (Lipinski definition) is 1. The third kappa shape index (κ3) is 5.75. The van der Waals surface area contributed by atoms with Crippen LogP contribution >= 0.6 is 0 Å². The van der Waals surface area contributed by atoms with Crippen molar-refractivity contribution in [3.8, 4) is 5.75 Å². The summed E-state index contributed by atoms with van der Waals surface area (Å²) < 4.78 is 10.1. The lowest BCUT2D eigenvalue weighted by Gasteiger charge is -2.09. The van der Waals surface area contributed by atoms with Gasteiger partial charge in [-0.3, -0.25) is 4.79 Å². The molecule has 106 valence electrons. The van der Waals surface area contributed by atoms with E-state index in [9.17, 15) is 4.79 Å². The van der Waals surface area contributed by atoms with Gasteiger partial charge in [-0.15, -0.1) is 0 Å². The van der Waals surface area contributed by atoms with Crippen molar-refractivity contribution in [2.75, 3.05) is 26.8 Å². The van der Waals surface area contributed by atoms with Crippen LogP contribution in [0.3, 0.4) is 0 Å². The van der Waals surface area contributed by atoms with Crippen molar-refractivity contribution in [3.63, 3.8) is 0 Å². The summed E-state index contributed by atoms with van der Waals surface area (Å²) in [6.07, 6.45) is 1.35. The number of carbonyl (C=O) groups excluding carboxylic acids is 1. The molecule has 0 unspecified atom stereocenters. The van der Waals surface area contributed by atoms with Crippen LogP contribution in [0.15, 0.2) is 18.2 Å². The Labute approximate surface area is 115 Å². The SMILES string of the molecule is CCOc1ccc(CCNCCC(=O)OC)cc1C. The number of methoxy groups -OCH3 is 1. The van der Waals surface area contributed by atoms with E-state index < -0.39 is 0 Å². The summed E-state index contributed by atoms with van der Waals surface area (Å²) in [7, 11) is 1.41. The molecule has 1 rings (SSSR count). The Morgan fingerprint density at radius 2 is 2.11 bits per heavy atom. The van der Waals surface area contributed by atoms with Crippen LogP contribution in [0.4, 0.5) is 0 Å². The van der Waals surface area contributed by atoms with Gasteiger partial charge in [0.1, 0.15) is 5.75 Å². The standard InChI is InChI=1S/C15H23NO3/c1-4-19-14-6-5-13(11-12(14)2)7-9-16-10-8-15(17)18-3/h5-6,11,16H,4,7-10H2,1-3H3. The van der Waals surface area contributed by atoms with E-state index in [2.05, 4.69) is 29.1 Å². The normalized spacial score (nSPS) is 10.3. The highest BCUT2D eigenvalue weighted by atomic mass is 16.5. The Balaban J connectivity index is 2.30. The number of benzene rings is 1. The maximum Gasteiger partial charge on any atom is 0.306 e. The lowest BCUT2D eigenvalue weighted by molar-refractivity contribution is -0.140. The fourth-order valence-electron chi connectivity index (χ4n) is 1.83. The van der Waals surface area contributed by atoms with Crippen LogP contribution in [-0.4, -0.2) is 32.8 Å². The molecule has 0 spiro atoms. The molecule has 0 aliphatic carbocycles. The molecule has 0 radical (unpaired) electrons. The molecule has 0 amide bonds. The van der Waals surface area contributed by atoms with E-state index in [1.54, 1.807) is 0 Å². The molecule has 0 heterocycles. The summed E-state index contributed by atoms with van der Waals surface area (Å²) in [6, 6.07) is 6.25. The van der Waals surface area contributed by atoms with Crippen LogP contribution in [0.5, 0.6) is 5.75 Å². The topological polar surface area (TPSA) is 47.6 Å². The van der Waals surface area contributed by atoms with Crippen molar-refractivity contribution < 1.29 is 14.3 Å². The van der Waals surface area contributed by atoms with Gasteiger partial charge in [0.05, 0.1) is 20.1 Å². The summed E-state index contributed by atoms with van der Waals surface area (Å²) >= 11 is 0. The van der Waals surface area contributed by atoms with Gasteiger partial charge >= 0.3 is 5.97 Å². The first-order valence-corrected chi connectivity index (χ1v) is 6.67.